The predicted octanol–water partition coefficient (Wildman–Crippen LogP) is 3.91. The van der Waals surface area contributed by atoms with Crippen molar-refractivity contribution in [2.75, 3.05) is 27.4 Å². The number of phenols is 1. The lowest BCUT2D eigenvalue weighted by molar-refractivity contribution is -0.140. The van der Waals surface area contributed by atoms with Crippen LogP contribution in [0.1, 0.15) is 31.0 Å². The summed E-state index contributed by atoms with van der Waals surface area (Å²) in [5.41, 5.74) is 0.443. The van der Waals surface area contributed by atoms with Gasteiger partial charge in [0.05, 0.1) is 49.1 Å². The summed E-state index contributed by atoms with van der Waals surface area (Å²) < 4.78 is 16.1. The van der Waals surface area contributed by atoms with E-state index in [0.29, 0.717) is 11.3 Å². The molecule has 0 bridgehead atoms. The highest BCUT2D eigenvalue weighted by Crippen LogP contribution is 2.43. The number of carbonyl (C=O) groups is 2. The van der Waals surface area contributed by atoms with E-state index >= 15 is 0 Å². The average Bonchev–Trinajstić information content (AvgIpc) is 3.03. The third kappa shape index (κ3) is 4.91. The van der Waals surface area contributed by atoms with Gasteiger partial charge >= 0.3 is 0 Å². The predicted molar refractivity (Wildman–Crippen MR) is 123 cm³/mol. The van der Waals surface area contributed by atoms with Crippen LogP contribution in [-0.2, 0) is 14.3 Å². The van der Waals surface area contributed by atoms with Crippen molar-refractivity contribution in [2.45, 2.75) is 26.0 Å². The lowest BCUT2D eigenvalue weighted by Gasteiger charge is -2.26. The van der Waals surface area contributed by atoms with Gasteiger partial charge in [-0.2, -0.15) is 0 Å². The number of ether oxygens (including phenoxy) is 3. The third-order valence-electron chi connectivity index (χ3n) is 5.24. The number of Topliss-reactive ketones (excluding diaryl/α,β-unsaturated/α-hetero) is 1. The highest BCUT2D eigenvalue weighted by molar-refractivity contribution is 6.46. The van der Waals surface area contributed by atoms with Crippen LogP contribution in [0.25, 0.3) is 5.76 Å². The van der Waals surface area contributed by atoms with Crippen molar-refractivity contribution >= 4 is 29.1 Å². The molecule has 1 amide bonds. The number of amides is 1. The van der Waals surface area contributed by atoms with Gasteiger partial charge in [-0.3, -0.25) is 9.59 Å². The SMILES string of the molecule is COc1cc(OC)c(/C(O)=C2\C(=O)C(=O)N(CCOC(C)C)C2c2cccc(O)c2)cc1Cl. The summed E-state index contributed by atoms with van der Waals surface area (Å²) in [6.45, 7) is 4.03. The number of hydrogen-bond acceptors (Lipinski definition) is 7. The first-order valence-corrected chi connectivity index (χ1v) is 10.7. The van der Waals surface area contributed by atoms with Gasteiger partial charge in [0.25, 0.3) is 11.7 Å². The van der Waals surface area contributed by atoms with Crippen molar-refractivity contribution < 1.29 is 34.0 Å². The van der Waals surface area contributed by atoms with Crippen LogP contribution in [-0.4, -0.2) is 60.3 Å². The van der Waals surface area contributed by atoms with E-state index in [1.54, 1.807) is 12.1 Å². The average molecular weight is 476 g/mol. The number of methoxy groups -OCH3 is 2. The van der Waals surface area contributed by atoms with Crippen LogP contribution in [0.5, 0.6) is 17.2 Å². The first-order valence-electron chi connectivity index (χ1n) is 10.3. The van der Waals surface area contributed by atoms with Gasteiger partial charge in [0.15, 0.2) is 0 Å². The molecule has 33 heavy (non-hydrogen) atoms. The third-order valence-corrected chi connectivity index (χ3v) is 5.53. The molecule has 1 aliphatic rings. The number of aliphatic hydroxyl groups excluding tert-OH is 1. The number of likely N-dealkylation sites (tertiary alicyclic amines) is 1. The molecule has 1 fully saturated rings. The smallest absolute Gasteiger partial charge is 0.295 e. The molecule has 2 aromatic rings. The van der Waals surface area contributed by atoms with E-state index in [4.69, 9.17) is 25.8 Å². The first-order chi connectivity index (χ1) is 15.7. The van der Waals surface area contributed by atoms with Crippen LogP contribution in [0.4, 0.5) is 0 Å². The fourth-order valence-electron chi connectivity index (χ4n) is 3.73. The number of halogens is 1. The molecule has 1 saturated heterocycles. The molecule has 1 heterocycles. The Morgan fingerprint density at radius 3 is 2.42 bits per heavy atom. The van der Waals surface area contributed by atoms with Gasteiger partial charge in [-0.1, -0.05) is 23.7 Å². The van der Waals surface area contributed by atoms with Crippen LogP contribution >= 0.6 is 11.6 Å². The summed E-state index contributed by atoms with van der Waals surface area (Å²) in [7, 11) is 2.83. The Labute approximate surface area is 196 Å². The summed E-state index contributed by atoms with van der Waals surface area (Å²) in [6, 6.07) is 8.12. The molecule has 0 spiro atoms. The minimum absolute atomic E-state index is 0.0402. The van der Waals surface area contributed by atoms with Crippen LogP contribution in [0.3, 0.4) is 0 Å². The van der Waals surface area contributed by atoms with Gasteiger partial charge in [0.1, 0.15) is 23.0 Å². The standard InChI is InChI=1S/C24H26ClNO7/c1-13(2)33-9-8-26-21(14-6-5-7-15(27)10-14)20(23(29)24(26)30)22(28)16-11-17(25)19(32-4)12-18(16)31-3/h5-7,10-13,21,27-28H,8-9H2,1-4H3/b22-20+. The number of aliphatic hydroxyl groups is 1. The number of benzene rings is 2. The molecular weight excluding hydrogens is 450 g/mol. The second-order valence-electron chi connectivity index (χ2n) is 7.69. The fourth-order valence-corrected chi connectivity index (χ4v) is 3.97. The number of rotatable bonds is 8. The van der Waals surface area contributed by atoms with Gasteiger partial charge in [0.2, 0.25) is 0 Å². The molecule has 0 saturated carbocycles. The Kier molecular flexibility index (Phi) is 7.50. The van der Waals surface area contributed by atoms with Crippen molar-refractivity contribution in [1.29, 1.82) is 0 Å². The summed E-state index contributed by atoms with van der Waals surface area (Å²) >= 11 is 6.25. The molecule has 9 heteroatoms. The van der Waals surface area contributed by atoms with Gasteiger partial charge < -0.3 is 29.3 Å². The quantitative estimate of drug-likeness (QED) is 0.338. The molecule has 8 nitrogen and oxygen atoms in total. The molecule has 1 aliphatic heterocycles. The maximum Gasteiger partial charge on any atom is 0.295 e. The van der Waals surface area contributed by atoms with Crippen LogP contribution < -0.4 is 9.47 Å². The van der Waals surface area contributed by atoms with Crippen LogP contribution in [0.2, 0.25) is 5.02 Å². The second-order valence-corrected chi connectivity index (χ2v) is 8.10. The zero-order valence-electron chi connectivity index (χ0n) is 18.8. The van der Waals surface area contributed by atoms with Crippen LogP contribution in [0, 0.1) is 0 Å². The van der Waals surface area contributed by atoms with E-state index < -0.39 is 23.5 Å². The highest BCUT2D eigenvalue weighted by atomic mass is 35.5. The molecule has 2 N–H and O–H groups in total. The lowest BCUT2D eigenvalue weighted by Crippen LogP contribution is -2.33. The number of aromatic hydroxyl groups is 1. The Morgan fingerprint density at radius 1 is 1.12 bits per heavy atom. The topological polar surface area (TPSA) is 106 Å². The molecule has 1 unspecified atom stereocenters. The maximum atomic E-state index is 13.1. The Morgan fingerprint density at radius 2 is 1.82 bits per heavy atom. The molecule has 0 radical (unpaired) electrons. The number of phenolic OH excluding ortho intramolecular Hbond substituents is 1. The van der Waals surface area contributed by atoms with E-state index in [0.717, 1.165) is 0 Å². The molecule has 0 aliphatic carbocycles. The summed E-state index contributed by atoms with van der Waals surface area (Å²) in [5, 5.41) is 21.5. The van der Waals surface area contributed by atoms with Crippen LogP contribution in [0.15, 0.2) is 42.0 Å². The Hall–Kier alpha value is -3.23. The minimum Gasteiger partial charge on any atom is -0.508 e. The minimum atomic E-state index is -0.946. The van der Waals surface area contributed by atoms with Gasteiger partial charge in [-0.05, 0) is 37.6 Å². The molecular formula is C24H26ClNO7. The molecule has 1 atom stereocenters. The summed E-state index contributed by atoms with van der Waals surface area (Å²) in [4.78, 5) is 27.4. The van der Waals surface area contributed by atoms with Crippen molar-refractivity contribution in [3.05, 3.63) is 58.1 Å². The first kappa shape index (κ1) is 24.4. The van der Waals surface area contributed by atoms with Gasteiger partial charge in [0, 0.05) is 12.6 Å². The van der Waals surface area contributed by atoms with Gasteiger partial charge in [-0.15, -0.1) is 0 Å². The van der Waals surface area contributed by atoms with E-state index in [1.807, 2.05) is 13.8 Å². The Balaban J connectivity index is 2.19. The molecule has 3 rings (SSSR count). The summed E-state index contributed by atoms with van der Waals surface area (Å²) in [5.74, 6) is -1.61. The lowest BCUT2D eigenvalue weighted by atomic mass is 9.94. The maximum absolute atomic E-state index is 13.1. The molecule has 176 valence electrons. The van der Waals surface area contributed by atoms with Crippen molar-refractivity contribution in [1.82, 2.24) is 4.90 Å². The van der Waals surface area contributed by atoms with Crippen molar-refractivity contribution in [3.63, 3.8) is 0 Å². The molecule has 0 aromatic heterocycles. The number of ketones is 1. The zero-order valence-corrected chi connectivity index (χ0v) is 19.5. The van der Waals surface area contributed by atoms with Crippen molar-refractivity contribution in [2.24, 2.45) is 0 Å². The number of hydrogen-bond donors (Lipinski definition) is 2. The fraction of sp³-hybridized carbons (Fsp3) is 0.333. The van der Waals surface area contributed by atoms with E-state index in [-0.39, 0.29) is 46.9 Å². The van der Waals surface area contributed by atoms with E-state index in [2.05, 4.69) is 0 Å². The van der Waals surface area contributed by atoms with E-state index in [9.17, 15) is 19.8 Å². The largest absolute Gasteiger partial charge is 0.508 e. The zero-order chi connectivity index (χ0) is 24.3. The highest BCUT2D eigenvalue weighted by Gasteiger charge is 2.46. The van der Waals surface area contributed by atoms with Crippen molar-refractivity contribution in [3.8, 4) is 17.2 Å². The Bertz CT molecular complexity index is 1100. The number of nitrogens with zero attached hydrogens (tertiary/aromatic N) is 1. The number of carbonyl (C=O) groups excluding carboxylic acids is 2. The normalized spacial score (nSPS) is 17.6. The monoisotopic (exact) mass is 475 g/mol. The molecule has 2 aromatic carbocycles. The van der Waals surface area contributed by atoms with Gasteiger partial charge in [-0.25, -0.2) is 0 Å². The summed E-state index contributed by atoms with van der Waals surface area (Å²) in [6.07, 6.45) is -0.0632. The second kappa shape index (κ2) is 10.1. The van der Waals surface area contributed by atoms with E-state index in [1.165, 1.54) is 43.4 Å².